The van der Waals surface area contributed by atoms with Gasteiger partial charge in [0.25, 0.3) is 0 Å². The molecule has 6 fully saturated rings. The van der Waals surface area contributed by atoms with Gasteiger partial charge in [0, 0.05) is 69.0 Å². The SMILES string of the molecule is CC[C@H](C)[C@@H]1NC(=O)[C@H](C)N(C)C(=O)C[C@@H](C(=O)N2CCOCC2)N(C)C(=O)[C@H](C2CCCCC2)N(C)C(=O)C2(CCCC2)NC(=O)C2CCCN2C(=O)[C@H](CCc2ccc(C(F)(F)F)c(Cl)c2)NC(=O)CN(C)C(=O)[C@H](CC2CCCCC2)N(C)C(=O)CN(C)C(=O)CN(C)C1=O. The summed E-state index contributed by atoms with van der Waals surface area (Å²) in [7, 11) is 9.83. The van der Waals surface area contributed by atoms with E-state index in [0.717, 1.165) is 83.1 Å². The molecule has 0 bridgehead atoms. The number of amides is 12. The summed E-state index contributed by atoms with van der Waals surface area (Å²) in [5, 5.41) is 8.04. The molecule has 3 saturated carbocycles. The first kappa shape index (κ1) is 78.2. The molecule has 1 aromatic rings. The number of aryl methyl sites for hydroxylation is 1. The van der Waals surface area contributed by atoms with Crippen molar-refractivity contribution in [1.82, 2.24) is 60.0 Å². The molecule has 29 heteroatoms. The highest BCUT2D eigenvalue weighted by Crippen LogP contribution is 2.38. The van der Waals surface area contributed by atoms with Crippen LogP contribution in [0.1, 0.15) is 160 Å². The van der Waals surface area contributed by atoms with Crippen LogP contribution in [-0.2, 0) is 74.9 Å². The molecule has 3 saturated heterocycles. The molecule has 25 nitrogen and oxygen atoms in total. The molecule has 1 spiro atoms. The monoisotopic (exact) mass is 1400 g/mol. The summed E-state index contributed by atoms with van der Waals surface area (Å²) in [5.74, 6) is -8.86. The standard InChI is InChI=1S/C69H104ClF3N12O13/c1-11-43(2)58-65(95)79(6)41-56(88)77(4)42-57(89)81(8)52(38-45-21-14-12-15-22-45)63(93)78(5)40-54(86)74-50(29-27-46-26-28-48(49(70)37-46)69(71,72)73)62(92)85-32-20-25-51(85)61(91)76-68(30-18-19-31-68)67(97)83(10)59(47-23-16-13-17-24-47)66(96)82(9)53(64(94)84-33-35-98-36-34-84)39-55(87)80(7)44(3)60(90)75-58/h26,28,37,43-45,47,50-53,58-59H,11-25,27,29-36,38-42H2,1-10H3,(H,74,86)(H,75,90)(H,76,91)/t43-,44-,50-,51?,52-,53-,58-,59-/m0/s1. The van der Waals surface area contributed by atoms with Crippen molar-refractivity contribution in [2.24, 2.45) is 17.8 Å². The van der Waals surface area contributed by atoms with E-state index in [-0.39, 0.29) is 77.3 Å². The number of halogens is 4. The summed E-state index contributed by atoms with van der Waals surface area (Å²) in [6.45, 7) is 4.04. The fourth-order valence-corrected chi connectivity index (χ4v) is 15.2. The van der Waals surface area contributed by atoms with Crippen molar-refractivity contribution in [2.75, 3.05) is 102 Å². The number of hydrogen-bond acceptors (Lipinski definition) is 13. The third kappa shape index (κ3) is 19.2. The highest BCUT2D eigenvalue weighted by molar-refractivity contribution is 6.31. The Bertz CT molecular complexity index is 3060. The van der Waals surface area contributed by atoms with Gasteiger partial charge >= 0.3 is 6.18 Å². The minimum atomic E-state index is -4.76. The number of morpholine rings is 1. The number of carbonyl (C=O) groups excluding carboxylic acids is 12. The average Bonchev–Trinajstić information content (AvgIpc) is 1.27. The Morgan fingerprint density at radius 2 is 1.28 bits per heavy atom. The van der Waals surface area contributed by atoms with Gasteiger partial charge in [-0.2, -0.15) is 13.2 Å². The number of hydrogen-bond donors (Lipinski definition) is 3. The smallest absolute Gasteiger partial charge is 0.378 e. The van der Waals surface area contributed by atoms with Crippen molar-refractivity contribution in [1.29, 1.82) is 0 Å². The zero-order valence-electron chi connectivity index (χ0n) is 58.9. The molecule has 3 aliphatic carbocycles. The second-order valence-electron chi connectivity index (χ2n) is 28.3. The van der Waals surface area contributed by atoms with Crippen molar-refractivity contribution in [3.63, 3.8) is 0 Å². The van der Waals surface area contributed by atoms with Gasteiger partial charge in [-0.1, -0.05) is 102 Å². The number of ether oxygens (including phenoxy) is 1. The highest BCUT2D eigenvalue weighted by atomic mass is 35.5. The van der Waals surface area contributed by atoms with Gasteiger partial charge in [-0.3, -0.25) is 57.5 Å². The van der Waals surface area contributed by atoms with Crippen LogP contribution in [0.4, 0.5) is 13.2 Å². The van der Waals surface area contributed by atoms with Gasteiger partial charge in [-0.15, -0.1) is 0 Å². The summed E-state index contributed by atoms with van der Waals surface area (Å²) < 4.78 is 47.1. The first-order valence-electron chi connectivity index (χ1n) is 35.0. The molecular weight excluding hydrogens is 1300 g/mol. The number of carbonyl (C=O) groups is 12. The molecule has 7 rings (SSSR count). The van der Waals surface area contributed by atoms with E-state index in [1.165, 1.54) is 86.8 Å². The molecule has 6 aliphatic rings. The number of alkyl halides is 3. The lowest BCUT2D eigenvalue weighted by Crippen LogP contribution is -2.65. The Hall–Kier alpha value is -7.10. The summed E-state index contributed by atoms with van der Waals surface area (Å²) in [4.78, 5) is 189. The third-order valence-corrected chi connectivity index (χ3v) is 21.8. The maximum Gasteiger partial charge on any atom is 0.417 e. The molecule has 12 amide bonds. The van der Waals surface area contributed by atoms with E-state index in [4.69, 9.17) is 16.3 Å². The van der Waals surface area contributed by atoms with Gasteiger partial charge in [0.15, 0.2) is 0 Å². The number of likely N-dealkylation sites (N-methyl/N-ethyl adjacent to an activating group) is 7. The molecule has 98 heavy (non-hydrogen) atoms. The second kappa shape index (κ2) is 34.8. The van der Waals surface area contributed by atoms with Gasteiger partial charge in [0.05, 0.1) is 49.9 Å². The Balaban J connectivity index is 1.27. The largest absolute Gasteiger partial charge is 0.417 e. The van der Waals surface area contributed by atoms with Gasteiger partial charge in [-0.25, -0.2) is 0 Å². The first-order valence-corrected chi connectivity index (χ1v) is 35.4. The molecule has 546 valence electrons. The Morgan fingerprint density at radius 1 is 0.663 bits per heavy atom. The normalized spacial score (nSPS) is 27.2. The minimum absolute atomic E-state index is 0.0185. The summed E-state index contributed by atoms with van der Waals surface area (Å²) in [6, 6.07) is -5.68. The molecule has 3 N–H and O–H groups in total. The number of nitrogens with zero attached hydrogens (tertiary/aromatic N) is 9. The number of rotatable bonds is 9. The average molecular weight is 1400 g/mol. The summed E-state index contributed by atoms with van der Waals surface area (Å²) in [6.07, 6.45) is 4.54. The lowest BCUT2D eigenvalue weighted by molar-refractivity contribution is -0.157. The van der Waals surface area contributed by atoms with Crippen molar-refractivity contribution in [3.05, 3.63) is 34.3 Å². The van der Waals surface area contributed by atoms with Crippen molar-refractivity contribution in [3.8, 4) is 0 Å². The van der Waals surface area contributed by atoms with E-state index >= 15 is 19.2 Å². The van der Waals surface area contributed by atoms with Gasteiger partial charge in [0.1, 0.15) is 47.8 Å². The van der Waals surface area contributed by atoms with E-state index in [2.05, 4.69) is 16.0 Å². The molecule has 8 atom stereocenters. The lowest BCUT2D eigenvalue weighted by Gasteiger charge is -2.43. The van der Waals surface area contributed by atoms with Crippen LogP contribution in [0.25, 0.3) is 0 Å². The molecule has 1 unspecified atom stereocenters. The fourth-order valence-electron chi connectivity index (χ4n) is 14.9. The van der Waals surface area contributed by atoms with Crippen LogP contribution in [0.2, 0.25) is 5.02 Å². The molecule has 3 heterocycles. The fraction of sp³-hybridized carbons (Fsp3) is 0.739. The Kier molecular flexibility index (Phi) is 27.8. The maximum absolute atomic E-state index is 15.7. The van der Waals surface area contributed by atoms with Crippen molar-refractivity contribution in [2.45, 2.75) is 210 Å². The van der Waals surface area contributed by atoms with Crippen LogP contribution in [0, 0.1) is 17.8 Å². The maximum atomic E-state index is 15.7. The summed E-state index contributed by atoms with van der Waals surface area (Å²) >= 11 is 6.15. The topological polar surface area (TPSA) is 279 Å². The molecular formula is C69H104ClF3N12O13. The van der Waals surface area contributed by atoms with Gasteiger partial charge in [-0.05, 0) is 100 Å². The van der Waals surface area contributed by atoms with Crippen LogP contribution >= 0.6 is 11.6 Å². The van der Waals surface area contributed by atoms with E-state index in [1.807, 2.05) is 6.92 Å². The number of nitrogens with one attached hydrogen (secondary N) is 3. The van der Waals surface area contributed by atoms with E-state index < -0.39 is 173 Å². The predicted molar refractivity (Wildman–Crippen MR) is 357 cm³/mol. The minimum Gasteiger partial charge on any atom is -0.378 e. The molecule has 1 aromatic carbocycles. The van der Waals surface area contributed by atoms with E-state index in [9.17, 15) is 51.5 Å². The zero-order chi connectivity index (χ0) is 72.1. The predicted octanol–water partition coefficient (Wildman–Crippen LogP) is 4.24. The first-order chi connectivity index (χ1) is 46.3. The molecule has 0 aromatic heterocycles. The van der Waals surface area contributed by atoms with Gasteiger partial charge < -0.3 is 64.8 Å². The lowest BCUT2D eigenvalue weighted by atomic mass is 9.81. The Morgan fingerprint density at radius 3 is 1.89 bits per heavy atom. The van der Waals surface area contributed by atoms with Crippen LogP contribution < -0.4 is 16.0 Å². The number of benzene rings is 1. The molecule has 3 aliphatic heterocycles. The number of fused-ring (bicyclic) bond motifs is 1. The highest BCUT2D eigenvalue weighted by Gasteiger charge is 2.51. The van der Waals surface area contributed by atoms with Crippen LogP contribution in [-0.4, -0.2) is 265 Å². The summed E-state index contributed by atoms with van der Waals surface area (Å²) in [5.41, 5.74) is -2.35. The third-order valence-electron chi connectivity index (χ3n) is 21.5. The Labute approximate surface area is 579 Å². The zero-order valence-corrected chi connectivity index (χ0v) is 59.6. The quantitative estimate of drug-likeness (QED) is 0.312. The van der Waals surface area contributed by atoms with Crippen LogP contribution in [0.5, 0.6) is 0 Å². The molecule has 0 radical (unpaired) electrons. The van der Waals surface area contributed by atoms with Crippen molar-refractivity contribution < 1.29 is 75.4 Å². The van der Waals surface area contributed by atoms with E-state index in [0.29, 0.717) is 44.1 Å². The van der Waals surface area contributed by atoms with Crippen molar-refractivity contribution >= 4 is 82.5 Å². The second-order valence-corrected chi connectivity index (χ2v) is 28.7. The van der Waals surface area contributed by atoms with Crippen LogP contribution in [0.3, 0.4) is 0 Å². The van der Waals surface area contributed by atoms with Crippen LogP contribution in [0.15, 0.2) is 18.2 Å². The van der Waals surface area contributed by atoms with Gasteiger partial charge in [0.2, 0.25) is 70.9 Å². The van der Waals surface area contributed by atoms with E-state index in [1.54, 1.807) is 6.92 Å².